The fraction of sp³-hybridized carbons (Fsp3) is 0.0833. The summed E-state index contributed by atoms with van der Waals surface area (Å²) < 4.78 is 2.59. The van der Waals surface area contributed by atoms with Gasteiger partial charge in [0.1, 0.15) is 17.5 Å². The van der Waals surface area contributed by atoms with Crippen LogP contribution < -0.4 is 5.73 Å². The van der Waals surface area contributed by atoms with Crippen LogP contribution in [-0.4, -0.2) is 14.8 Å². The molecule has 0 aliphatic rings. The third kappa shape index (κ3) is 1.45. The number of benzene rings is 1. The van der Waals surface area contributed by atoms with E-state index in [1.54, 1.807) is 6.92 Å². The van der Waals surface area contributed by atoms with Crippen molar-refractivity contribution in [3.63, 3.8) is 0 Å². The van der Waals surface area contributed by atoms with E-state index in [0.717, 1.165) is 10.2 Å². The molecule has 0 unspecified atom stereocenters. The largest absolute Gasteiger partial charge is 0.382 e. The van der Waals surface area contributed by atoms with Gasteiger partial charge in [-0.15, -0.1) is 0 Å². The predicted octanol–water partition coefficient (Wildman–Crippen LogP) is 2.24. The summed E-state index contributed by atoms with van der Waals surface area (Å²) in [7, 11) is 0. The maximum atomic E-state index is 9.00. The van der Waals surface area contributed by atoms with Crippen LogP contribution >= 0.6 is 11.3 Å². The third-order valence-corrected chi connectivity index (χ3v) is 3.68. The number of nitrogens with two attached hydrogens (primary N) is 1. The molecule has 0 atom stereocenters. The minimum Gasteiger partial charge on any atom is -0.382 e. The highest BCUT2D eigenvalue weighted by Gasteiger charge is 2.15. The number of rotatable bonds is 1. The van der Waals surface area contributed by atoms with Crippen molar-refractivity contribution < 1.29 is 0 Å². The van der Waals surface area contributed by atoms with E-state index >= 15 is 0 Å². The number of thiazole rings is 1. The van der Waals surface area contributed by atoms with Crippen molar-refractivity contribution >= 4 is 27.4 Å². The molecule has 18 heavy (non-hydrogen) atoms. The first kappa shape index (κ1) is 10.7. The van der Waals surface area contributed by atoms with Crippen LogP contribution in [-0.2, 0) is 0 Å². The van der Waals surface area contributed by atoms with Gasteiger partial charge < -0.3 is 5.73 Å². The fourth-order valence-corrected chi connectivity index (χ4v) is 2.71. The molecule has 1 aromatic carbocycles. The number of fused-ring (bicyclic) bond motifs is 1. The van der Waals surface area contributed by atoms with Crippen LogP contribution in [0, 0.1) is 18.3 Å². The zero-order valence-electron chi connectivity index (χ0n) is 9.58. The van der Waals surface area contributed by atoms with Crippen molar-refractivity contribution in [3.05, 3.63) is 35.5 Å². The number of hydrogen-bond acceptors (Lipinski definition) is 5. The van der Waals surface area contributed by atoms with Gasteiger partial charge in [0.2, 0.25) is 5.13 Å². The van der Waals surface area contributed by atoms with Gasteiger partial charge in [0.25, 0.3) is 0 Å². The number of para-hydroxylation sites is 1. The lowest BCUT2D eigenvalue weighted by Crippen LogP contribution is -2.01. The molecule has 0 spiro atoms. The van der Waals surface area contributed by atoms with Gasteiger partial charge in [0.15, 0.2) is 0 Å². The second-order valence-electron chi connectivity index (χ2n) is 3.83. The van der Waals surface area contributed by atoms with Crippen molar-refractivity contribution in [2.24, 2.45) is 0 Å². The number of aryl methyl sites for hydroxylation is 1. The Bertz CT molecular complexity index is 744. The third-order valence-electron chi connectivity index (χ3n) is 2.67. The molecule has 0 saturated heterocycles. The van der Waals surface area contributed by atoms with Crippen LogP contribution in [0.3, 0.4) is 0 Å². The first-order valence-electron chi connectivity index (χ1n) is 5.32. The molecule has 2 heterocycles. The summed E-state index contributed by atoms with van der Waals surface area (Å²) in [5, 5.41) is 13.9. The Balaban J connectivity index is 2.24. The van der Waals surface area contributed by atoms with Crippen molar-refractivity contribution in [1.82, 2.24) is 14.8 Å². The summed E-state index contributed by atoms with van der Waals surface area (Å²) in [6.07, 6.45) is 0. The summed E-state index contributed by atoms with van der Waals surface area (Å²) in [4.78, 5) is 4.46. The average Bonchev–Trinajstić information content (AvgIpc) is 2.90. The lowest BCUT2D eigenvalue weighted by atomic mass is 10.3. The predicted molar refractivity (Wildman–Crippen MR) is 70.6 cm³/mol. The summed E-state index contributed by atoms with van der Waals surface area (Å²) >= 11 is 1.50. The first-order chi connectivity index (χ1) is 8.70. The van der Waals surface area contributed by atoms with Crippen LogP contribution in [0.5, 0.6) is 0 Å². The highest BCUT2D eigenvalue weighted by atomic mass is 32.1. The van der Waals surface area contributed by atoms with Gasteiger partial charge in [-0.25, -0.2) is 4.98 Å². The SMILES string of the molecule is Cc1nn(-c2nc3ccccc3s2)c(N)c1C#N. The molecule has 0 aliphatic carbocycles. The molecule has 0 saturated carbocycles. The Labute approximate surface area is 107 Å². The molecular weight excluding hydrogens is 246 g/mol. The van der Waals surface area contributed by atoms with Crippen LogP contribution in [0.4, 0.5) is 5.82 Å². The Hall–Kier alpha value is -2.39. The number of anilines is 1. The molecule has 0 fully saturated rings. The van der Waals surface area contributed by atoms with E-state index in [-0.39, 0.29) is 0 Å². The maximum Gasteiger partial charge on any atom is 0.213 e. The van der Waals surface area contributed by atoms with Gasteiger partial charge >= 0.3 is 0 Å². The fourth-order valence-electron chi connectivity index (χ4n) is 1.78. The topological polar surface area (TPSA) is 80.5 Å². The number of nitrogens with zero attached hydrogens (tertiary/aromatic N) is 4. The van der Waals surface area contributed by atoms with Gasteiger partial charge in [0.05, 0.1) is 15.9 Å². The smallest absolute Gasteiger partial charge is 0.213 e. The normalized spacial score (nSPS) is 10.7. The van der Waals surface area contributed by atoms with Crippen LogP contribution in [0.25, 0.3) is 15.3 Å². The van der Waals surface area contributed by atoms with E-state index in [9.17, 15) is 0 Å². The monoisotopic (exact) mass is 255 g/mol. The number of nitrogen functional groups attached to an aromatic ring is 1. The molecule has 0 aliphatic heterocycles. The van der Waals surface area contributed by atoms with E-state index in [0.29, 0.717) is 22.2 Å². The molecule has 0 radical (unpaired) electrons. The van der Waals surface area contributed by atoms with E-state index in [1.165, 1.54) is 16.0 Å². The van der Waals surface area contributed by atoms with E-state index < -0.39 is 0 Å². The van der Waals surface area contributed by atoms with Crippen LogP contribution in [0.2, 0.25) is 0 Å². The molecule has 0 bridgehead atoms. The molecule has 2 N–H and O–H groups in total. The van der Waals surface area contributed by atoms with Gasteiger partial charge in [-0.1, -0.05) is 23.5 Å². The summed E-state index contributed by atoms with van der Waals surface area (Å²) in [5.41, 5.74) is 7.85. The van der Waals surface area contributed by atoms with Gasteiger partial charge in [0, 0.05) is 0 Å². The first-order valence-corrected chi connectivity index (χ1v) is 6.13. The molecule has 3 rings (SSSR count). The highest BCUT2D eigenvalue weighted by Crippen LogP contribution is 2.27. The van der Waals surface area contributed by atoms with Crippen molar-refractivity contribution in [1.29, 1.82) is 5.26 Å². The molecule has 3 aromatic rings. The van der Waals surface area contributed by atoms with E-state index in [4.69, 9.17) is 11.0 Å². The molecule has 2 aromatic heterocycles. The summed E-state index contributed by atoms with van der Waals surface area (Å²) in [6.45, 7) is 1.76. The lowest BCUT2D eigenvalue weighted by molar-refractivity contribution is 0.865. The number of aromatic nitrogens is 3. The van der Waals surface area contributed by atoms with Crippen LogP contribution in [0.15, 0.2) is 24.3 Å². The van der Waals surface area contributed by atoms with Crippen molar-refractivity contribution in [3.8, 4) is 11.2 Å². The Morgan fingerprint density at radius 1 is 1.39 bits per heavy atom. The van der Waals surface area contributed by atoms with Crippen LogP contribution in [0.1, 0.15) is 11.3 Å². The standard InChI is InChI=1S/C12H9N5S/c1-7-8(6-13)11(14)17(16-7)12-15-9-4-2-3-5-10(9)18-12/h2-5H,14H2,1H3. The van der Waals surface area contributed by atoms with Gasteiger partial charge in [-0.3, -0.25) is 0 Å². The van der Waals surface area contributed by atoms with E-state index in [1.807, 2.05) is 24.3 Å². The minimum atomic E-state index is 0.342. The van der Waals surface area contributed by atoms with E-state index in [2.05, 4.69) is 16.2 Å². The van der Waals surface area contributed by atoms with Gasteiger partial charge in [-0.2, -0.15) is 15.0 Å². The zero-order valence-corrected chi connectivity index (χ0v) is 10.4. The summed E-state index contributed by atoms with van der Waals surface area (Å²) in [5.74, 6) is 0.342. The Morgan fingerprint density at radius 2 is 2.17 bits per heavy atom. The second kappa shape index (κ2) is 3.82. The maximum absolute atomic E-state index is 9.00. The van der Waals surface area contributed by atoms with Crippen molar-refractivity contribution in [2.45, 2.75) is 6.92 Å². The molecule has 5 nitrogen and oxygen atoms in total. The van der Waals surface area contributed by atoms with Crippen molar-refractivity contribution in [2.75, 3.05) is 5.73 Å². The lowest BCUT2D eigenvalue weighted by Gasteiger charge is -1.96. The minimum absolute atomic E-state index is 0.342. The molecule has 0 amide bonds. The average molecular weight is 255 g/mol. The van der Waals surface area contributed by atoms with Gasteiger partial charge in [-0.05, 0) is 19.1 Å². The molecule has 88 valence electrons. The second-order valence-corrected chi connectivity index (χ2v) is 4.84. The zero-order chi connectivity index (χ0) is 12.7. The molecule has 6 heteroatoms. The summed E-state index contributed by atoms with van der Waals surface area (Å²) in [6, 6.07) is 9.88. The highest BCUT2D eigenvalue weighted by molar-refractivity contribution is 7.20. The number of hydrogen-bond donors (Lipinski definition) is 1. The molecular formula is C12H9N5S. The Morgan fingerprint density at radius 3 is 2.83 bits per heavy atom. The quantitative estimate of drug-likeness (QED) is 0.723. The number of nitriles is 1. The Kier molecular flexibility index (Phi) is 2.28.